The van der Waals surface area contributed by atoms with Crippen LogP contribution < -0.4 is 0 Å². The molecule has 0 atom stereocenters. The van der Waals surface area contributed by atoms with Crippen molar-refractivity contribution >= 4 is 5.78 Å². The number of nitrogens with zero attached hydrogens (tertiary/aromatic N) is 5. The summed E-state index contributed by atoms with van der Waals surface area (Å²) in [6.45, 7) is 3.41. The Balaban J connectivity index is 0.000000161. The van der Waals surface area contributed by atoms with E-state index in [-0.39, 0.29) is 5.78 Å². The molecule has 3 aromatic rings. The van der Waals surface area contributed by atoms with Crippen LogP contribution in [0, 0.1) is 6.92 Å². The Labute approximate surface area is 121 Å². The van der Waals surface area contributed by atoms with E-state index in [1.165, 1.54) is 25.5 Å². The van der Waals surface area contributed by atoms with E-state index in [1.54, 1.807) is 18.6 Å². The highest BCUT2D eigenvalue weighted by atomic mass is 16.1. The lowest BCUT2D eigenvalue weighted by Gasteiger charge is -1.90. The van der Waals surface area contributed by atoms with E-state index in [0.717, 1.165) is 17.1 Å². The Bertz CT molecular complexity index is 696. The molecule has 7 nitrogen and oxygen atoms in total. The first kappa shape index (κ1) is 14.4. The molecule has 106 valence electrons. The summed E-state index contributed by atoms with van der Waals surface area (Å²) in [7, 11) is 0. The minimum Gasteiger partial charge on any atom is -0.293 e. The molecule has 0 aliphatic heterocycles. The van der Waals surface area contributed by atoms with Gasteiger partial charge in [-0.1, -0.05) is 0 Å². The van der Waals surface area contributed by atoms with Crippen molar-refractivity contribution in [1.29, 1.82) is 0 Å². The first-order valence-electron chi connectivity index (χ1n) is 6.22. The zero-order chi connectivity index (χ0) is 15.1. The largest absolute Gasteiger partial charge is 0.293 e. The van der Waals surface area contributed by atoms with Crippen molar-refractivity contribution in [2.75, 3.05) is 0 Å². The fourth-order valence-electron chi connectivity index (χ4n) is 1.46. The maximum absolute atomic E-state index is 10.5. The zero-order valence-corrected chi connectivity index (χ0v) is 11.7. The summed E-state index contributed by atoms with van der Waals surface area (Å²) in [6.07, 6.45) is 9.46. The molecule has 0 aliphatic rings. The number of carbonyl (C=O) groups excluding carboxylic acids is 1. The third-order valence-corrected chi connectivity index (χ3v) is 2.46. The number of hydrogen-bond donors (Lipinski definition) is 1. The number of H-pyrrole nitrogens is 1. The molecule has 1 N–H and O–H groups in total. The Morgan fingerprint density at radius 2 is 1.71 bits per heavy atom. The number of aromatic nitrogens is 6. The second kappa shape index (κ2) is 6.99. The number of ketones is 1. The third-order valence-electron chi connectivity index (χ3n) is 2.46. The molecule has 0 aromatic carbocycles. The highest BCUT2D eigenvalue weighted by Crippen LogP contribution is 2.11. The Kier molecular flexibility index (Phi) is 4.81. The molecule has 0 amide bonds. The van der Waals surface area contributed by atoms with Gasteiger partial charge in [-0.3, -0.25) is 24.8 Å². The molecule has 0 unspecified atom stereocenters. The molecule has 3 rings (SSSR count). The maximum Gasteiger partial charge on any atom is 0.179 e. The van der Waals surface area contributed by atoms with Crippen LogP contribution in [0.1, 0.15) is 23.1 Å². The van der Waals surface area contributed by atoms with Crippen LogP contribution in [0.15, 0.2) is 43.2 Å². The normalized spacial score (nSPS) is 9.62. The Morgan fingerprint density at radius 1 is 1.00 bits per heavy atom. The molecular formula is C14H14N6O. The van der Waals surface area contributed by atoms with E-state index >= 15 is 0 Å². The van der Waals surface area contributed by atoms with Gasteiger partial charge in [0.05, 0.1) is 12.4 Å². The molecule has 0 spiro atoms. The van der Waals surface area contributed by atoms with Gasteiger partial charge in [-0.2, -0.15) is 5.10 Å². The van der Waals surface area contributed by atoms with E-state index in [4.69, 9.17) is 0 Å². The van der Waals surface area contributed by atoms with Gasteiger partial charge in [0.1, 0.15) is 17.1 Å². The van der Waals surface area contributed by atoms with Crippen LogP contribution in [-0.2, 0) is 0 Å². The van der Waals surface area contributed by atoms with Gasteiger partial charge in [-0.05, 0) is 13.0 Å². The summed E-state index contributed by atoms with van der Waals surface area (Å²) in [5.74, 6) is -0.0527. The zero-order valence-electron chi connectivity index (χ0n) is 11.7. The summed E-state index contributed by atoms with van der Waals surface area (Å²) in [6, 6.07) is 1.93. The molecule has 0 saturated heterocycles. The van der Waals surface area contributed by atoms with Gasteiger partial charge in [0.15, 0.2) is 5.78 Å². The van der Waals surface area contributed by atoms with E-state index in [2.05, 4.69) is 30.1 Å². The fourth-order valence-corrected chi connectivity index (χ4v) is 1.46. The molecule has 0 fully saturated rings. The second-order valence-corrected chi connectivity index (χ2v) is 4.17. The van der Waals surface area contributed by atoms with Crippen LogP contribution in [0.25, 0.3) is 11.4 Å². The number of Topliss-reactive ketones (excluding diaryl/α,β-unsaturated/α-hetero) is 1. The smallest absolute Gasteiger partial charge is 0.179 e. The number of rotatable bonds is 2. The van der Waals surface area contributed by atoms with Gasteiger partial charge in [0.25, 0.3) is 0 Å². The molecule has 0 bridgehead atoms. The van der Waals surface area contributed by atoms with E-state index < -0.39 is 0 Å². The van der Waals surface area contributed by atoms with Crippen molar-refractivity contribution in [3.63, 3.8) is 0 Å². The number of aryl methyl sites for hydroxylation is 1. The molecule has 3 heterocycles. The van der Waals surface area contributed by atoms with Crippen LogP contribution >= 0.6 is 0 Å². The first-order chi connectivity index (χ1) is 10.2. The number of nitrogens with one attached hydrogen (secondary N) is 1. The average molecular weight is 282 g/mol. The topological polar surface area (TPSA) is 97.3 Å². The lowest BCUT2D eigenvalue weighted by Crippen LogP contribution is -1.95. The number of aromatic amines is 1. The van der Waals surface area contributed by atoms with Crippen LogP contribution in [-0.4, -0.2) is 35.9 Å². The van der Waals surface area contributed by atoms with E-state index in [0.29, 0.717) is 5.69 Å². The number of carbonyl (C=O) groups is 1. The standard InChI is InChI=1S/C8H8N4.C6H6N2O/c1-6-4-7(12-11-6)8-5-9-2-3-10-8;1-5(9)6-4-7-2-3-8-6/h2-5H,1H3,(H,11,12);2-4H,1H3. The predicted molar refractivity (Wildman–Crippen MR) is 76.4 cm³/mol. The Hall–Kier alpha value is -2.96. The Morgan fingerprint density at radius 3 is 2.14 bits per heavy atom. The van der Waals surface area contributed by atoms with Crippen molar-refractivity contribution < 1.29 is 4.79 Å². The van der Waals surface area contributed by atoms with Crippen molar-refractivity contribution in [3.05, 3.63) is 54.6 Å². The molecule has 0 radical (unpaired) electrons. The van der Waals surface area contributed by atoms with Crippen LogP contribution in [0.5, 0.6) is 0 Å². The molecule has 21 heavy (non-hydrogen) atoms. The van der Waals surface area contributed by atoms with Crippen molar-refractivity contribution in [3.8, 4) is 11.4 Å². The van der Waals surface area contributed by atoms with E-state index in [1.807, 2.05) is 13.0 Å². The second-order valence-electron chi connectivity index (χ2n) is 4.17. The van der Waals surface area contributed by atoms with Gasteiger partial charge >= 0.3 is 0 Å². The minimum absolute atomic E-state index is 0.0527. The van der Waals surface area contributed by atoms with Gasteiger partial charge in [-0.15, -0.1) is 0 Å². The lowest BCUT2D eigenvalue weighted by atomic mass is 10.3. The SMILES string of the molecule is CC(=O)c1cnccn1.Cc1cc(-c2cnccn2)n[nH]1. The quantitative estimate of drug-likeness (QED) is 0.720. The highest BCUT2D eigenvalue weighted by Gasteiger charge is 2.01. The van der Waals surface area contributed by atoms with Crippen LogP contribution in [0.4, 0.5) is 0 Å². The van der Waals surface area contributed by atoms with Gasteiger partial charge in [0.2, 0.25) is 0 Å². The van der Waals surface area contributed by atoms with Gasteiger partial charge < -0.3 is 0 Å². The summed E-state index contributed by atoms with van der Waals surface area (Å²) in [5, 5.41) is 6.91. The molecule has 0 aliphatic carbocycles. The fraction of sp³-hybridized carbons (Fsp3) is 0.143. The highest BCUT2D eigenvalue weighted by molar-refractivity contribution is 5.91. The van der Waals surface area contributed by atoms with Gasteiger partial charge in [-0.25, -0.2) is 4.98 Å². The third kappa shape index (κ3) is 4.27. The van der Waals surface area contributed by atoms with Crippen LogP contribution in [0.2, 0.25) is 0 Å². The summed E-state index contributed by atoms with van der Waals surface area (Å²) in [4.78, 5) is 26.1. The minimum atomic E-state index is -0.0527. The summed E-state index contributed by atoms with van der Waals surface area (Å²) < 4.78 is 0. The van der Waals surface area contributed by atoms with Crippen molar-refractivity contribution in [2.24, 2.45) is 0 Å². The van der Waals surface area contributed by atoms with Gasteiger partial charge in [0, 0.05) is 37.4 Å². The molecule has 3 aromatic heterocycles. The summed E-state index contributed by atoms with van der Waals surface area (Å²) in [5.41, 5.74) is 3.07. The number of hydrogen-bond acceptors (Lipinski definition) is 6. The van der Waals surface area contributed by atoms with Crippen LogP contribution in [0.3, 0.4) is 0 Å². The van der Waals surface area contributed by atoms with Crippen molar-refractivity contribution in [2.45, 2.75) is 13.8 Å². The maximum atomic E-state index is 10.5. The monoisotopic (exact) mass is 282 g/mol. The van der Waals surface area contributed by atoms with E-state index in [9.17, 15) is 4.79 Å². The molecule has 7 heteroatoms. The molecule has 0 saturated carbocycles. The predicted octanol–water partition coefficient (Wildman–Crippen LogP) is 1.85. The lowest BCUT2D eigenvalue weighted by molar-refractivity contribution is 0.101. The average Bonchev–Trinajstić information content (AvgIpc) is 2.96. The van der Waals surface area contributed by atoms with Crippen molar-refractivity contribution in [1.82, 2.24) is 30.1 Å². The first-order valence-corrected chi connectivity index (χ1v) is 6.22. The molecular weight excluding hydrogens is 268 g/mol. The summed E-state index contributed by atoms with van der Waals surface area (Å²) >= 11 is 0.